The van der Waals surface area contributed by atoms with E-state index in [0.29, 0.717) is 24.3 Å². The van der Waals surface area contributed by atoms with Gasteiger partial charge in [-0.05, 0) is 55.7 Å². The molecule has 2 aromatic carbocycles. The van der Waals surface area contributed by atoms with Crippen LogP contribution in [0.4, 0.5) is 10.1 Å². The first kappa shape index (κ1) is 14.9. The third-order valence-electron chi connectivity index (χ3n) is 4.54. The maximum Gasteiger partial charge on any atom is 0.246 e. The lowest BCUT2D eigenvalue weighted by Gasteiger charge is -2.36. The van der Waals surface area contributed by atoms with Crippen LogP contribution in [0.15, 0.2) is 53.1 Å². The summed E-state index contributed by atoms with van der Waals surface area (Å²) in [4.78, 5) is 6.78. The van der Waals surface area contributed by atoms with E-state index in [1.54, 1.807) is 12.1 Å². The standard InChI is InChI=1S/C19H18FN3O/c1-13-6-7-14-4-2-3-5-17(14)23(13)12-18-21-19(22-24-18)15-8-10-16(20)11-9-15/h2-5,8-11,13H,6-7,12H2,1H3/t13-/m1/s1. The van der Waals surface area contributed by atoms with Crippen molar-refractivity contribution in [3.05, 3.63) is 65.8 Å². The lowest BCUT2D eigenvalue weighted by molar-refractivity contribution is 0.369. The van der Waals surface area contributed by atoms with E-state index >= 15 is 0 Å². The predicted molar refractivity (Wildman–Crippen MR) is 90.1 cm³/mol. The molecule has 2 heterocycles. The van der Waals surface area contributed by atoms with Crippen molar-refractivity contribution >= 4 is 5.69 Å². The van der Waals surface area contributed by atoms with Crippen LogP contribution in [0, 0.1) is 5.82 Å². The fraction of sp³-hybridized carbons (Fsp3) is 0.263. The molecule has 0 radical (unpaired) electrons. The second-order valence-electron chi connectivity index (χ2n) is 6.16. The van der Waals surface area contributed by atoms with E-state index in [1.165, 1.54) is 23.4 Å². The Labute approximate surface area is 139 Å². The Balaban J connectivity index is 1.59. The van der Waals surface area contributed by atoms with Crippen LogP contribution in [0.1, 0.15) is 24.8 Å². The third kappa shape index (κ3) is 2.77. The molecule has 1 atom stereocenters. The van der Waals surface area contributed by atoms with Crippen molar-refractivity contribution in [3.8, 4) is 11.4 Å². The Morgan fingerprint density at radius 1 is 1.17 bits per heavy atom. The molecule has 0 fully saturated rings. The van der Waals surface area contributed by atoms with Crippen molar-refractivity contribution in [2.75, 3.05) is 4.90 Å². The number of halogens is 1. The van der Waals surface area contributed by atoms with Gasteiger partial charge in [0.25, 0.3) is 0 Å². The molecule has 0 saturated heterocycles. The number of nitrogens with zero attached hydrogens (tertiary/aromatic N) is 3. The number of benzene rings is 2. The maximum atomic E-state index is 13.0. The van der Waals surface area contributed by atoms with Gasteiger partial charge in [-0.2, -0.15) is 4.98 Å². The predicted octanol–water partition coefficient (Wildman–Crippen LogP) is 4.22. The van der Waals surface area contributed by atoms with Gasteiger partial charge in [-0.25, -0.2) is 4.39 Å². The average molecular weight is 323 g/mol. The second kappa shape index (κ2) is 6.07. The zero-order valence-corrected chi connectivity index (χ0v) is 13.4. The minimum atomic E-state index is -0.277. The van der Waals surface area contributed by atoms with Gasteiger partial charge in [0.1, 0.15) is 5.82 Å². The fourth-order valence-electron chi connectivity index (χ4n) is 3.18. The first-order chi connectivity index (χ1) is 11.7. The monoisotopic (exact) mass is 323 g/mol. The molecule has 0 saturated carbocycles. The quantitative estimate of drug-likeness (QED) is 0.724. The zero-order valence-electron chi connectivity index (χ0n) is 13.4. The summed E-state index contributed by atoms with van der Waals surface area (Å²) in [5.74, 6) is 0.780. The van der Waals surface area contributed by atoms with Crippen LogP contribution in [0.2, 0.25) is 0 Å². The zero-order chi connectivity index (χ0) is 16.5. The van der Waals surface area contributed by atoms with E-state index < -0.39 is 0 Å². The summed E-state index contributed by atoms with van der Waals surface area (Å²) in [5, 5.41) is 4.03. The molecule has 4 nitrogen and oxygen atoms in total. The fourth-order valence-corrected chi connectivity index (χ4v) is 3.18. The minimum Gasteiger partial charge on any atom is -0.359 e. The van der Waals surface area contributed by atoms with E-state index in [4.69, 9.17) is 4.52 Å². The highest BCUT2D eigenvalue weighted by Crippen LogP contribution is 2.31. The first-order valence-electron chi connectivity index (χ1n) is 8.14. The molecule has 0 bridgehead atoms. The van der Waals surface area contributed by atoms with Gasteiger partial charge >= 0.3 is 0 Å². The number of hydrogen-bond acceptors (Lipinski definition) is 4. The van der Waals surface area contributed by atoms with E-state index in [2.05, 4.69) is 46.2 Å². The number of hydrogen-bond donors (Lipinski definition) is 0. The van der Waals surface area contributed by atoms with Gasteiger partial charge in [-0.1, -0.05) is 23.4 Å². The van der Waals surface area contributed by atoms with Crippen LogP contribution in [0.5, 0.6) is 0 Å². The number of fused-ring (bicyclic) bond motifs is 1. The van der Waals surface area contributed by atoms with E-state index in [0.717, 1.165) is 18.4 Å². The highest BCUT2D eigenvalue weighted by atomic mass is 19.1. The molecule has 1 aromatic heterocycles. The Kier molecular flexibility index (Phi) is 3.76. The Bertz CT molecular complexity index is 844. The maximum absolute atomic E-state index is 13.0. The SMILES string of the molecule is C[C@@H]1CCc2ccccc2N1Cc1nc(-c2ccc(F)cc2)no1. The summed E-state index contributed by atoms with van der Waals surface area (Å²) >= 11 is 0. The molecule has 1 aliphatic heterocycles. The van der Waals surface area contributed by atoms with Crippen LogP contribution in [-0.2, 0) is 13.0 Å². The van der Waals surface area contributed by atoms with Crippen LogP contribution in [-0.4, -0.2) is 16.2 Å². The van der Waals surface area contributed by atoms with Crippen molar-refractivity contribution in [2.45, 2.75) is 32.4 Å². The molecule has 0 N–H and O–H groups in total. The van der Waals surface area contributed by atoms with E-state index in [-0.39, 0.29) is 5.82 Å². The van der Waals surface area contributed by atoms with Gasteiger partial charge in [0.15, 0.2) is 0 Å². The molecule has 0 spiro atoms. The second-order valence-corrected chi connectivity index (χ2v) is 6.16. The average Bonchev–Trinajstić information content (AvgIpc) is 3.07. The minimum absolute atomic E-state index is 0.277. The molecule has 24 heavy (non-hydrogen) atoms. The molecule has 0 amide bonds. The summed E-state index contributed by atoms with van der Waals surface area (Å²) in [5.41, 5.74) is 3.34. The third-order valence-corrected chi connectivity index (χ3v) is 4.54. The smallest absolute Gasteiger partial charge is 0.246 e. The molecule has 122 valence electrons. The van der Waals surface area contributed by atoms with Gasteiger partial charge in [0.05, 0.1) is 6.54 Å². The summed E-state index contributed by atoms with van der Waals surface area (Å²) < 4.78 is 18.4. The summed E-state index contributed by atoms with van der Waals surface area (Å²) in [7, 11) is 0. The van der Waals surface area contributed by atoms with Crippen LogP contribution < -0.4 is 4.90 Å². The molecular weight excluding hydrogens is 305 g/mol. The number of aromatic nitrogens is 2. The van der Waals surface area contributed by atoms with Crippen molar-refractivity contribution in [1.29, 1.82) is 0 Å². The van der Waals surface area contributed by atoms with Gasteiger partial charge in [-0.3, -0.25) is 0 Å². The normalized spacial score (nSPS) is 16.9. The molecule has 4 rings (SSSR count). The number of anilines is 1. The highest BCUT2D eigenvalue weighted by molar-refractivity contribution is 5.57. The Hall–Kier alpha value is -2.69. The van der Waals surface area contributed by atoms with Gasteiger partial charge in [0, 0.05) is 17.3 Å². The summed E-state index contributed by atoms with van der Waals surface area (Å²) in [6.07, 6.45) is 2.20. The summed E-state index contributed by atoms with van der Waals surface area (Å²) in [6.45, 7) is 2.79. The van der Waals surface area contributed by atoms with Gasteiger partial charge in [0.2, 0.25) is 11.7 Å². The van der Waals surface area contributed by atoms with Gasteiger partial charge in [-0.15, -0.1) is 0 Å². The van der Waals surface area contributed by atoms with Crippen molar-refractivity contribution in [1.82, 2.24) is 10.1 Å². The van der Waals surface area contributed by atoms with Crippen LogP contribution in [0.25, 0.3) is 11.4 Å². The van der Waals surface area contributed by atoms with Gasteiger partial charge < -0.3 is 9.42 Å². The molecular formula is C19H18FN3O. The molecule has 3 aromatic rings. The largest absolute Gasteiger partial charge is 0.359 e. The Morgan fingerprint density at radius 3 is 2.79 bits per heavy atom. The molecule has 0 unspecified atom stereocenters. The lowest BCUT2D eigenvalue weighted by Crippen LogP contribution is -2.36. The molecule has 5 heteroatoms. The molecule has 1 aliphatic rings. The van der Waals surface area contributed by atoms with Crippen molar-refractivity contribution in [2.24, 2.45) is 0 Å². The first-order valence-corrected chi connectivity index (χ1v) is 8.14. The lowest BCUT2D eigenvalue weighted by atomic mass is 9.97. The number of rotatable bonds is 3. The Morgan fingerprint density at radius 2 is 1.96 bits per heavy atom. The topological polar surface area (TPSA) is 42.2 Å². The van der Waals surface area contributed by atoms with Crippen LogP contribution >= 0.6 is 0 Å². The molecule has 0 aliphatic carbocycles. The van der Waals surface area contributed by atoms with E-state index in [1.807, 2.05) is 0 Å². The van der Waals surface area contributed by atoms with Crippen molar-refractivity contribution in [3.63, 3.8) is 0 Å². The summed E-state index contributed by atoms with van der Waals surface area (Å²) in [6, 6.07) is 15.0. The number of aryl methyl sites for hydroxylation is 1. The number of para-hydroxylation sites is 1. The van der Waals surface area contributed by atoms with Crippen molar-refractivity contribution < 1.29 is 8.91 Å². The van der Waals surface area contributed by atoms with E-state index in [9.17, 15) is 4.39 Å². The highest BCUT2D eigenvalue weighted by Gasteiger charge is 2.24. The van der Waals surface area contributed by atoms with Crippen LogP contribution in [0.3, 0.4) is 0 Å².